The zero-order valence-corrected chi connectivity index (χ0v) is 11.2. The molecule has 1 fully saturated rings. The fourth-order valence-corrected chi connectivity index (χ4v) is 3.64. The second-order valence-corrected chi connectivity index (χ2v) is 5.71. The Balaban J connectivity index is 1.91. The number of hydrogen-bond donors (Lipinski definition) is 1. The van der Waals surface area contributed by atoms with Crippen molar-refractivity contribution < 1.29 is 4.74 Å². The van der Waals surface area contributed by atoms with Crippen LogP contribution in [-0.4, -0.2) is 19.3 Å². The normalized spacial score (nSPS) is 20.4. The first-order valence-electron chi connectivity index (χ1n) is 5.34. The molecule has 0 radical (unpaired) electrons. The van der Waals surface area contributed by atoms with Gasteiger partial charge in [-0.25, -0.2) is 0 Å². The summed E-state index contributed by atoms with van der Waals surface area (Å²) in [5, 5.41) is 5.79. The first-order valence-corrected chi connectivity index (χ1v) is 7.01. The monoisotopic (exact) mass is 289 g/mol. The number of nitrogens with one attached hydrogen (secondary N) is 1. The van der Waals surface area contributed by atoms with E-state index in [1.165, 1.54) is 9.35 Å². The number of halogens is 1. The van der Waals surface area contributed by atoms with Gasteiger partial charge in [-0.05, 0) is 47.1 Å². The molecule has 0 spiro atoms. The van der Waals surface area contributed by atoms with E-state index >= 15 is 0 Å². The summed E-state index contributed by atoms with van der Waals surface area (Å²) in [5.41, 5.74) is 0. The van der Waals surface area contributed by atoms with E-state index in [2.05, 4.69) is 39.6 Å². The Morgan fingerprint density at radius 3 is 2.87 bits per heavy atom. The maximum atomic E-state index is 5.35. The number of thiophene rings is 1. The average Bonchev–Trinajstić information content (AvgIpc) is 2.66. The van der Waals surface area contributed by atoms with Crippen LogP contribution in [0.15, 0.2) is 15.9 Å². The van der Waals surface area contributed by atoms with Crippen LogP contribution < -0.4 is 5.32 Å². The molecule has 1 aliphatic rings. The molecule has 0 aliphatic carbocycles. The Morgan fingerprint density at radius 1 is 1.53 bits per heavy atom. The van der Waals surface area contributed by atoms with Crippen molar-refractivity contribution in [2.24, 2.45) is 0 Å². The van der Waals surface area contributed by atoms with Gasteiger partial charge in [0, 0.05) is 34.6 Å². The zero-order valence-electron chi connectivity index (χ0n) is 8.83. The van der Waals surface area contributed by atoms with Crippen molar-refractivity contribution >= 4 is 27.3 Å². The summed E-state index contributed by atoms with van der Waals surface area (Å²) in [6.07, 6.45) is 2.26. The van der Waals surface area contributed by atoms with Crippen molar-refractivity contribution in [1.29, 1.82) is 0 Å². The molecule has 1 aliphatic heterocycles. The molecule has 2 heterocycles. The van der Waals surface area contributed by atoms with Gasteiger partial charge in [0.05, 0.1) is 0 Å². The van der Waals surface area contributed by atoms with E-state index in [1.807, 2.05) is 0 Å². The van der Waals surface area contributed by atoms with Gasteiger partial charge in [-0.2, -0.15) is 0 Å². The van der Waals surface area contributed by atoms with E-state index in [0.717, 1.165) is 26.1 Å². The Morgan fingerprint density at radius 2 is 2.27 bits per heavy atom. The Hall–Kier alpha value is 0.100. The lowest BCUT2D eigenvalue weighted by Crippen LogP contribution is -2.36. The van der Waals surface area contributed by atoms with Gasteiger partial charge in [0.2, 0.25) is 0 Å². The fraction of sp³-hybridized carbons (Fsp3) is 0.636. The maximum Gasteiger partial charge on any atom is 0.0480 e. The lowest BCUT2D eigenvalue weighted by atomic mass is 10.1. The topological polar surface area (TPSA) is 21.3 Å². The molecule has 1 atom stereocenters. The third-order valence-corrected chi connectivity index (χ3v) is 4.80. The largest absolute Gasteiger partial charge is 0.381 e. The summed E-state index contributed by atoms with van der Waals surface area (Å²) >= 11 is 5.38. The molecule has 1 N–H and O–H groups in total. The molecule has 0 saturated carbocycles. The second kappa shape index (κ2) is 5.43. The highest BCUT2D eigenvalue weighted by Crippen LogP contribution is 2.29. The molecule has 1 aromatic heterocycles. The van der Waals surface area contributed by atoms with E-state index in [-0.39, 0.29) is 0 Å². The van der Waals surface area contributed by atoms with Crippen molar-refractivity contribution in [2.75, 3.05) is 13.2 Å². The average molecular weight is 290 g/mol. The molecular formula is C11H16BrNOS. The summed E-state index contributed by atoms with van der Waals surface area (Å²) in [4.78, 5) is 1.39. The molecule has 4 heteroatoms. The SMILES string of the molecule is CC(NC1CCOCC1)c1sccc1Br. The Kier molecular flexibility index (Phi) is 4.20. The van der Waals surface area contributed by atoms with Gasteiger partial charge < -0.3 is 10.1 Å². The molecule has 1 unspecified atom stereocenters. The van der Waals surface area contributed by atoms with E-state index < -0.39 is 0 Å². The fourth-order valence-electron chi connectivity index (χ4n) is 1.91. The summed E-state index contributed by atoms with van der Waals surface area (Å²) in [6, 6.07) is 3.16. The smallest absolute Gasteiger partial charge is 0.0480 e. The van der Waals surface area contributed by atoms with Gasteiger partial charge in [0.25, 0.3) is 0 Å². The van der Waals surface area contributed by atoms with Crippen molar-refractivity contribution in [2.45, 2.75) is 31.8 Å². The van der Waals surface area contributed by atoms with Crippen LogP contribution in [0, 0.1) is 0 Å². The van der Waals surface area contributed by atoms with Crippen LogP contribution in [0.3, 0.4) is 0 Å². The highest BCUT2D eigenvalue weighted by atomic mass is 79.9. The molecule has 0 amide bonds. The van der Waals surface area contributed by atoms with Gasteiger partial charge in [-0.1, -0.05) is 0 Å². The zero-order chi connectivity index (χ0) is 10.7. The van der Waals surface area contributed by atoms with Crippen molar-refractivity contribution in [3.63, 3.8) is 0 Å². The van der Waals surface area contributed by atoms with Gasteiger partial charge in [0.15, 0.2) is 0 Å². The standard InChI is InChI=1S/C11H16BrNOS/c1-8(11-10(12)4-7-15-11)13-9-2-5-14-6-3-9/h4,7-9,13H,2-3,5-6H2,1H3. The summed E-state index contributed by atoms with van der Waals surface area (Å²) in [7, 11) is 0. The van der Waals surface area contributed by atoms with E-state index in [4.69, 9.17) is 4.74 Å². The van der Waals surface area contributed by atoms with Crippen molar-refractivity contribution in [3.05, 3.63) is 20.8 Å². The summed E-state index contributed by atoms with van der Waals surface area (Å²) < 4.78 is 6.57. The van der Waals surface area contributed by atoms with Crippen LogP contribution in [0.25, 0.3) is 0 Å². The van der Waals surface area contributed by atoms with Crippen LogP contribution >= 0.6 is 27.3 Å². The Labute approximate surface area is 103 Å². The van der Waals surface area contributed by atoms with Crippen LogP contribution in [-0.2, 0) is 4.74 Å². The number of ether oxygens (including phenoxy) is 1. The predicted octanol–water partition coefficient (Wildman–Crippen LogP) is 3.34. The highest BCUT2D eigenvalue weighted by molar-refractivity contribution is 9.10. The van der Waals surface area contributed by atoms with E-state index in [0.29, 0.717) is 12.1 Å². The molecule has 15 heavy (non-hydrogen) atoms. The minimum absolute atomic E-state index is 0.433. The maximum absolute atomic E-state index is 5.35. The van der Waals surface area contributed by atoms with Crippen molar-refractivity contribution in [3.8, 4) is 0 Å². The quantitative estimate of drug-likeness (QED) is 0.922. The lowest BCUT2D eigenvalue weighted by molar-refractivity contribution is 0.0755. The molecule has 2 rings (SSSR count). The molecule has 2 nitrogen and oxygen atoms in total. The molecule has 84 valence electrons. The van der Waals surface area contributed by atoms with Gasteiger partial charge >= 0.3 is 0 Å². The van der Waals surface area contributed by atoms with Crippen LogP contribution in [0.5, 0.6) is 0 Å². The molecule has 1 saturated heterocycles. The molecule has 0 aromatic carbocycles. The second-order valence-electron chi connectivity index (χ2n) is 3.91. The first kappa shape index (κ1) is 11.6. The third kappa shape index (κ3) is 3.03. The molecule has 1 aromatic rings. The van der Waals surface area contributed by atoms with Crippen LogP contribution in [0.4, 0.5) is 0 Å². The first-order chi connectivity index (χ1) is 7.27. The number of rotatable bonds is 3. The number of hydrogen-bond acceptors (Lipinski definition) is 3. The van der Waals surface area contributed by atoms with Gasteiger partial charge in [-0.3, -0.25) is 0 Å². The summed E-state index contributed by atoms with van der Waals surface area (Å²) in [6.45, 7) is 4.03. The van der Waals surface area contributed by atoms with Gasteiger partial charge in [-0.15, -0.1) is 11.3 Å². The minimum atomic E-state index is 0.433. The predicted molar refractivity (Wildman–Crippen MR) is 67.4 cm³/mol. The minimum Gasteiger partial charge on any atom is -0.381 e. The van der Waals surface area contributed by atoms with Crippen molar-refractivity contribution in [1.82, 2.24) is 5.32 Å². The third-order valence-electron chi connectivity index (χ3n) is 2.75. The molecular weight excluding hydrogens is 274 g/mol. The highest BCUT2D eigenvalue weighted by Gasteiger charge is 2.18. The summed E-state index contributed by atoms with van der Waals surface area (Å²) in [5.74, 6) is 0. The van der Waals surface area contributed by atoms with Gasteiger partial charge in [0.1, 0.15) is 0 Å². The molecule has 0 bridgehead atoms. The van der Waals surface area contributed by atoms with E-state index in [9.17, 15) is 0 Å². The van der Waals surface area contributed by atoms with Crippen LogP contribution in [0.2, 0.25) is 0 Å². The van der Waals surface area contributed by atoms with Crippen LogP contribution in [0.1, 0.15) is 30.7 Å². The van der Waals surface area contributed by atoms with E-state index in [1.54, 1.807) is 11.3 Å². The Bertz CT molecular complexity index is 309. The lowest BCUT2D eigenvalue weighted by Gasteiger charge is -2.26.